The van der Waals surface area contributed by atoms with Crippen LogP contribution in [0.25, 0.3) is 0 Å². The average molecular weight is 408 g/mol. The van der Waals surface area contributed by atoms with Crippen LogP contribution < -0.4 is 4.74 Å². The second-order valence-electron chi connectivity index (χ2n) is 9.67. The Bertz CT molecular complexity index is 994. The number of ether oxygens (including phenoxy) is 1. The lowest BCUT2D eigenvalue weighted by Gasteiger charge is -2.43. The third kappa shape index (κ3) is 4.87. The summed E-state index contributed by atoms with van der Waals surface area (Å²) in [4.78, 5) is 2.27. The van der Waals surface area contributed by atoms with Crippen LogP contribution >= 0.6 is 0 Å². The fourth-order valence-corrected chi connectivity index (χ4v) is 4.43. The predicted octanol–water partition coefficient (Wildman–Crippen LogP) is 6.08. The summed E-state index contributed by atoms with van der Waals surface area (Å²) in [6.45, 7) is 14.7. The van der Waals surface area contributed by atoms with Gasteiger partial charge in [0.2, 0.25) is 0 Å². The third-order valence-electron chi connectivity index (χ3n) is 5.91. The molecule has 0 atom stereocenters. The minimum Gasteiger partial charge on any atom is -0.487 e. The largest absolute Gasteiger partial charge is 0.487 e. The van der Waals surface area contributed by atoms with Crippen molar-refractivity contribution in [2.75, 3.05) is 13.6 Å². The van der Waals surface area contributed by atoms with E-state index in [1.807, 2.05) is 19.1 Å². The number of fused-ring (bicyclic) bond motifs is 1. The number of hydrogen-bond acceptors (Lipinski definition) is 2. The van der Waals surface area contributed by atoms with Crippen molar-refractivity contribution in [3.05, 3.63) is 64.0 Å². The number of hydrogen-bond donors (Lipinski definition) is 0. The molecule has 0 unspecified atom stereocenters. The maximum Gasteiger partial charge on any atom is 0.128 e. The molecule has 2 aromatic carbocycles. The second kappa shape index (κ2) is 8.44. The van der Waals surface area contributed by atoms with Gasteiger partial charge in [-0.2, -0.15) is 0 Å². The van der Waals surface area contributed by atoms with E-state index in [1.165, 1.54) is 11.6 Å². The van der Waals surface area contributed by atoms with Gasteiger partial charge in [-0.3, -0.25) is 0 Å². The summed E-state index contributed by atoms with van der Waals surface area (Å²) in [7, 11) is 2.11. The van der Waals surface area contributed by atoms with Gasteiger partial charge in [0, 0.05) is 28.8 Å². The fourth-order valence-electron chi connectivity index (χ4n) is 4.43. The highest BCUT2D eigenvalue weighted by molar-refractivity contribution is 5.55. The molecule has 0 amide bonds. The molecule has 0 saturated carbocycles. The van der Waals surface area contributed by atoms with E-state index in [-0.39, 0.29) is 16.8 Å². The van der Waals surface area contributed by atoms with Gasteiger partial charge in [0.05, 0.1) is 0 Å². The standard InChI is InChI=1S/C27H34FNO/c1-8-21-13-12-19(16-24(21)28)10-11-20-14-22(17-29(7)9-2)25-23(15-20)26(3,4)18-27(5,6)30-25/h12-16H,8-9,17-18H2,1-7H3. The van der Waals surface area contributed by atoms with Crippen LogP contribution in [-0.4, -0.2) is 24.1 Å². The summed E-state index contributed by atoms with van der Waals surface area (Å²) >= 11 is 0. The summed E-state index contributed by atoms with van der Waals surface area (Å²) in [6.07, 6.45) is 1.63. The summed E-state index contributed by atoms with van der Waals surface area (Å²) in [5.41, 5.74) is 4.53. The van der Waals surface area contributed by atoms with Crippen molar-refractivity contribution >= 4 is 0 Å². The molecule has 1 heterocycles. The zero-order valence-corrected chi connectivity index (χ0v) is 19.4. The normalized spacial score (nSPS) is 16.4. The molecule has 2 nitrogen and oxygen atoms in total. The van der Waals surface area contributed by atoms with Crippen LogP contribution in [0.4, 0.5) is 4.39 Å². The predicted molar refractivity (Wildman–Crippen MR) is 123 cm³/mol. The SMILES string of the molecule is CCc1ccc(C#Cc2cc(CN(C)CC)c3c(c2)C(C)(C)CC(C)(C)O3)cc1F. The second-order valence-corrected chi connectivity index (χ2v) is 9.67. The van der Waals surface area contributed by atoms with E-state index in [2.05, 4.69) is 70.5 Å². The Morgan fingerprint density at radius 3 is 2.33 bits per heavy atom. The van der Waals surface area contributed by atoms with Crippen molar-refractivity contribution in [3.63, 3.8) is 0 Å². The molecule has 30 heavy (non-hydrogen) atoms. The Morgan fingerprint density at radius 1 is 1.00 bits per heavy atom. The van der Waals surface area contributed by atoms with Gasteiger partial charge in [0.25, 0.3) is 0 Å². The number of halogens is 1. The number of nitrogens with zero attached hydrogens (tertiary/aromatic N) is 1. The molecule has 3 rings (SSSR count). The molecule has 1 aliphatic heterocycles. The van der Waals surface area contributed by atoms with E-state index >= 15 is 0 Å². The van der Waals surface area contributed by atoms with E-state index in [0.717, 1.165) is 42.0 Å². The lowest BCUT2D eigenvalue weighted by atomic mass is 9.72. The molecule has 0 aromatic heterocycles. The van der Waals surface area contributed by atoms with Crippen LogP contribution in [0.15, 0.2) is 30.3 Å². The first-order chi connectivity index (χ1) is 14.0. The smallest absolute Gasteiger partial charge is 0.128 e. The van der Waals surface area contributed by atoms with Crippen molar-refractivity contribution in [2.45, 2.75) is 71.9 Å². The first-order valence-electron chi connectivity index (χ1n) is 10.9. The lowest BCUT2D eigenvalue weighted by molar-refractivity contribution is 0.0513. The highest BCUT2D eigenvalue weighted by atomic mass is 19.1. The van der Waals surface area contributed by atoms with Gasteiger partial charge in [0.15, 0.2) is 0 Å². The molecule has 1 aliphatic rings. The van der Waals surface area contributed by atoms with E-state index in [4.69, 9.17) is 4.74 Å². The monoisotopic (exact) mass is 407 g/mol. The van der Waals surface area contributed by atoms with Crippen molar-refractivity contribution in [3.8, 4) is 17.6 Å². The van der Waals surface area contributed by atoms with Gasteiger partial charge in [-0.25, -0.2) is 4.39 Å². The van der Waals surface area contributed by atoms with Gasteiger partial charge in [-0.15, -0.1) is 0 Å². The number of benzene rings is 2. The first-order valence-corrected chi connectivity index (χ1v) is 10.9. The van der Waals surface area contributed by atoms with E-state index in [0.29, 0.717) is 12.0 Å². The quantitative estimate of drug-likeness (QED) is 0.570. The molecule has 0 radical (unpaired) electrons. The summed E-state index contributed by atoms with van der Waals surface area (Å²) < 4.78 is 20.6. The molecule has 0 spiro atoms. The van der Waals surface area contributed by atoms with Crippen LogP contribution in [0.5, 0.6) is 5.75 Å². The Hall–Kier alpha value is -2.31. The number of rotatable bonds is 4. The van der Waals surface area contributed by atoms with Crippen LogP contribution in [0.3, 0.4) is 0 Å². The topological polar surface area (TPSA) is 12.5 Å². The van der Waals surface area contributed by atoms with Gasteiger partial charge in [0.1, 0.15) is 17.2 Å². The highest BCUT2D eigenvalue weighted by Crippen LogP contribution is 2.46. The third-order valence-corrected chi connectivity index (χ3v) is 5.91. The van der Waals surface area contributed by atoms with E-state index in [1.54, 1.807) is 0 Å². The van der Waals surface area contributed by atoms with Crippen molar-refractivity contribution < 1.29 is 9.13 Å². The maximum atomic E-state index is 14.1. The fraction of sp³-hybridized carbons (Fsp3) is 0.481. The molecule has 0 fully saturated rings. The molecule has 0 aliphatic carbocycles. The molecule has 0 N–H and O–H groups in total. The Kier molecular flexibility index (Phi) is 6.29. The summed E-state index contributed by atoms with van der Waals surface area (Å²) in [6, 6.07) is 9.54. The Balaban J connectivity index is 2.07. The molecule has 160 valence electrons. The van der Waals surface area contributed by atoms with E-state index in [9.17, 15) is 4.39 Å². The number of aryl methyl sites for hydroxylation is 1. The minimum absolute atomic E-state index is 0.0107. The average Bonchev–Trinajstić information content (AvgIpc) is 2.66. The van der Waals surface area contributed by atoms with Crippen LogP contribution in [0, 0.1) is 17.7 Å². The summed E-state index contributed by atoms with van der Waals surface area (Å²) in [5, 5.41) is 0. The molecule has 2 aromatic rings. The Morgan fingerprint density at radius 2 is 1.70 bits per heavy atom. The summed E-state index contributed by atoms with van der Waals surface area (Å²) in [5.74, 6) is 7.25. The maximum absolute atomic E-state index is 14.1. The zero-order chi connectivity index (χ0) is 22.1. The van der Waals surface area contributed by atoms with Gasteiger partial charge < -0.3 is 9.64 Å². The van der Waals surface area contributed by atoms with Crippen LogP contribution in [-0.2, 0) is 18.4 Å². The minimum atomic E-state index is -0.207. The first kappa shape index (κ1) is 22.4. The van der Waals surface area contributed by atoms with Crippen molar-refractivity contribution in [1.29, 1.82) is 0 Å². The van der Waals surface area contributed by atoms with Gasteiger partial charge in [-0.05, 0) is 75.5 Å². The van der Waals surface area contributed by atoms with Crippen molar-refractivity contribution in [1.82, 2.24) is 4.90 Å². The molecule has 0 saturated heterocycles. The van der Waals surface area contributed by atoms with Gasteiger partial charge in [-0.1, -0.05) is 45.6 Å². The highest BCUT2D eigenvalue weighted by Gasteiger charge is 2.40. The van der Waals surface area contributed by atoms with Crippen LogP contribution in [0.2, 0.25) is 0 Å². The molecular formula is C27H34FNO. The lowest BCUT2D eigenvalue weighted by Crippen LogP contribution is -2.42. The van der Waals surface area contributed by atoms with Gasteiger partial charge >= 0.3 is 0 Å². The zero-order valence-electron chi connectivity index (χ0n) is 19.4. The van der Waals surface area contributed by atoms with Crippen molar-refractivity contribution in [2.24, 2.45) is 0 Å². The Labute approximate surface area is 181 Å². The molecule has 0 bridgehead atoms. The molecule has 3 heteroatoms. The van der Waals surface area contributed by atoms with Crippen LogP contribution in [0.1, 0.15) is 75.8 Å². The van der Waals surface area contributed by atoms with E-state index < -0.39 is 0 Å². The molecular weight excluding hydrogens is 373 g/mol.